The van der Waals surface area contributed by atoms with Gasteiger partial charge in [-0.25, -0.2) is 0 Å². The Morgan fingerprint density at radius 2 is 2.19 bits per heavy atom. The number of rotatable bonds is 6. The maximum absolute atomic E-state index is 10.7. The van der Waals surface area contributed by atoms with Crippen molar-refractivity contribution in [2.75, 3.05) is 18.8 Å². The van der Waals surface area contributed by atoms with Crippen LogP contribution in [-0.4, -0.2) is 23.9 Å². The van der Waals surface area contributed by atoms with Gasteiger partial charge < -0.3 is 11.5 Å². The van der Waals surface area contributed by atoms with E-state index in [1.165, 1.54) is 0 Å². The zero-order chi connectivity index (χ0) is 12.0. The molecule has 1 amide bonds. The van der Waals surface area contributed by atoms with Crippen molar-refractivity contribution in [3.05, 3.63) is 29.8 Å². The Balaban J connectivity index is 2.52. The van der Waals surface area contributed by atoms with Crippen molar-refractivity contribution in [3.63, 3.8) is 0 Å². The summed E-state index contributed by atoms with van der Waals surface area (Å²) < 4.78 is 0. The van der Waals surface area contributed by atoms with Crippen LogP contribution in [-0.2, 0) is 11.3 Å². The number of nitrogens with zero attached hydrogens (tertiary/aromatic N) is 1. The Kier molecular flexibility index (Phi) is 4.79. The lowest BCUT2D eigenvalue weighted by atomic mass is 10.2. The number of primary amides is 1. The van der Waals surface area contributed by atoms with Gasteiger partial charge in [-0.3, -0.25) is 9.69 Å². The van der Waals surface area contributed by atoms with Gasteiger partial charge in [0.25, 0.3) is 0 Å². The normalized spacial score (nSPS) is 10.6. The second-order valence-corrected chi connectivity index (χ2v) is 3.83. The van der Waals surface area contributed by atoms with E-state index < -0.39 is 0 Å². The number of hydrogen-bond donors (Lipinski definition) is 2. The lowest BCUT2D eigenvalue weighted by Gasteiger charge is -2.19. The van der Waals surface area contributed by atoms with Crippen molar-refractivity contribution in [1.29, 1.82) is 0 Å². The molecule has 0 bridgehead atoms. The summed E-state index contributed by atoms with van der Waals surface area (Å²) in [6.45, 7) is 4.45. The van der Waals surface area contributed by atoms with Crippen molar-refractivity contribution in [2.45, 2.75) is 19.9 Å². The Labute approximate surface area is 96.2 Å². The minimum Gasteiger partial charge on any atom is -0.399 e. The number of anilines is 1. The molecule has 0 spiro atoms. The third-order valence-electron chi connectivity index (χ3n) is 2.48. The second-order valence-electron chi connectivity index (χ2n) is 3.83. The van der Waals surface area contributed by atoms with E-state index in [0.717, 1.165) is 24.3 Å². The summed E-state index contributed by atoms with van der Waals surface area (Å²) in [4.78, 5) is 12.9. The minimum atomic E-state index is -0.258. The topological polar surface area (TPSA) is 72.3 Å². The fraction of sp³-hybridized carbons (Fsp3) is 0.417. The highest BCUT2D eigenvalue weighted by molar-refractivity contribution is 5.73. The fourth-order valence-corrected chi connectivity index (χ4v) is 1.57. The third kappa shape index (κ3) is 4.31. The number of benzene rings is 1. The van der Waals surface area contributed by atoms with Gasteiger partial charge in [0.2, 0.25) is 5.91 Å². The quantitative estimate of drug-likeness (QED) is 0.703. The van der Waals surface area contributed by atoms with E-state index in [9.17, 15) is 4.79 Å². The molecule has 0 aliphatic rings. The highest BCUT2D eigenvalue weighted by Crippen LogP contribution is 2.09. The molecular formula is C12H19N3O. The van der Waals surface area contributed by atoms with Crippen LogP contribution < -0.4 is 11.5 Å². The third-order valence-corrected chi connectivity index (χ3v) is 2.48. The maximum Gasteiger partial charge on any atom is 0.218 e. The molecule has 0 saturated carbocycles. The highest BCUT2D eigenvalue weighted by Gasteiger charge is 2.05. The lowest BCUT2D eigenvalue weighted by Crippen LogP contribution is -2.27. The Morgan fingerprint density at radius 1 is 1.44 bits per heavy atom. The van der Waals surface area contributed by atoms with Gasteiger partial charge in [-0.15, -0.1) is 0 Å². The van der Waals surface area contributed by atoms with Crippen LogP contribution in [0.3, 0.4) is 0 Å². The van der Waals surface area contributed by atoms with Gasteiger partial charge in [0.1, 0.15) is 0 Å². The summed E-state index contributed by atoms with van der Waals surface area (Å²) in [5.74, 6) is -0.258. The van der Waals surface area contributed by atoms with E-state index in [1.807, 2.05) is 24.3 Å². The first kappa shape index (κ1) is 12.5. The molecule has 4 N–H and O–H groups in total. The van der Waals surface area contributed by atoms with E-state index in [0.29, 0.717) is 13.0 Å². The van der Waals surface area contributed by atoms with Crippen LogP contribution in [0.25, 0.3) is 0 Å². The van der Waals surface area contributed by atoms with Gasteiger partial charge in [-0.2, -0.15) is 0 Å². The van der Waals surface area contributed by atoms with E-state index in [2.05, 4.69) is 11.8 Å². The molecule has 0 fully saturated rings. The Morgan fingerprint density at radius 3 is 2.75 bits per heavy atom. The Hall–Kier alpha value is -1.55. The molecule has 0 aliphatic carbocycles. The molecule has 4 nitrogen and oxygen atoms in total. The summed E-state index contributed by atoms with van der Waals surface area (Å²) in [6.07, 6.45) is 0.399. The molecule has 1 rings (SSSR count). The first-order valence-electron chi connectivity index (χ1n) is 5.47. The molecule has 16 heavy (non-hydrogen) atoms. The first-order valence-corrected chi connectivity index (χ1v) is 5.47. The molecule has 4 heteroatoms. The van der Waals surface area contributed by atoms with Gasteiger partial charge in [-0.05, 0) is 24.2 Å². The molecule has 0 saturated heterocycles. The average molecular weight is 221 g/mol. The zero-order valence-corrected chi connectivity index (χ0v) is 9.65. The molecule has 0 aliphatic heterocycles. The smallest absolute Gasteiger partial charge is 0.218 e. The van der Waals surface area contributed by atoms with Gasteiger partial charge in [0.05, 0.1) is 0 Å². The number of nitrogen functional groups attached to an aromatic ring is 1. The number of carbonyl (C=O) groups excluding carboxylic acids is 1. The molecule has 88 valence electrons. The minimum absolute atomic E-state index is 0.258. The molecular weight excluding hydrogens is 202 g/mol. The summed E-state index contributed by atoms with van der Waals surface area (Å²) in [6, 6.07) is 7.78. The van der Waals surface area contributed by atoms with Crippen LogP contribution in [0.5, 0.6) is 0 Å². The summed E-state index contributed by atoms with van der Waals surface area (Å²) in [7, 11) is 0. The number of hydrogen-bond acceptors (Lipinski definition) is 3. The van der Waals surface area contributed by atoms with E-state index in [1.54, 1.807) is 0 Å². The standard InChI is InChI=1S/C12H19N3O/c1-2-15(7-6-12(14)16)9-10-4-3-5-11(13)8-10/h3-5,8H,2,6-7,9,13H2,1H3,(H2,14,16). The van der Waals surface area contributed by atoms with Gasteiger partial charge in [0.15, 0.2) is 0 Å². The Bertz CT molecular complexity index is 352. The average Bonchev–Trinajstić information content (AvgIpc) is 2.24. The summed E-state index contributed by atoms with van der Waals surface area (Å²) in [5, 5.41) is 0. The van der Waals surface area contributed by atoms with Crippen LogP contribution in [0.2, 0.25) is 0 Å². The molecule has 0 aromatic heterocycles. The van der Waals surface area contributed by atoms with Crippen molar-refractivity contribution < 1.29 is 4.79 Å². The van der Waals surface area contributed by atoms with Crippen molar-refractivity contribution >= 4 is 11.6 Å². The summed E-state index contributed by atoms with van der Waals surface area (Å²) in [5.41, 5.74) is 12.8. The van der Waals surface area contributed by atoms with Crippen LogP contribution >= 0.6 is 0 Å². The summed E-state index contributed by atoms with van der Waals surface area (Å²) >= 11 is 0. The van der Waals surface area contributed by atoms with Gasteiger partial charge in [-0.1, -0.05) is 19.1 Å². The molecule has 1 aromatic carbocycles. The molecule has 1 aromatic rings. The van der Waals surface area contributed by atoms with E-state index in [-0.39, 0.29) is 5.91 Å². The van der Waals surface area contributed by atoms with Crippen LogP contribution in [0.4, 0.5) is 5.69 Å². The predicted molar refractivity (Wildman–Crippen MR) is 65.6 cm³/mol. The number of carbonyl (C=O) groups is 1. The van der Waals surface area contributed by atoms with Crippen LogP contribution in [0.1, 0.15) is 18.9 Å². The molecule has 0 atom stereocenters. The molecule has 0 radical (unpaired) electrons. The molecule has 0 heterocycles. The zero-order valence-electron chi connectivity index (χ0n) is 9.65. The maximum atomic E-state index is 10.7. The van der Waals surface area contributed by atoms with E-state index in [4.69, 9.17) is 11.5 Å². The van der Waals surface area contributed by atoms with Gasteiger partial charge in [0, 0.05) is 25.2 Å². The van der Waals surface area contributed by atoms with Crippen molar-refractivity contribution in [2.24, 2.45) is 5.73 Å². The van der Waals surface area contributed by atoms with Crippen molar-refractivity contribution in [3.8, 4) is 0 Å². The molecule has 0 unspecified atom stereocenters. The van der Waals surface area contributed by atoms with Crippen molar-refractivity contribution in [1.82, 2.24) is 4.90 Å². The second kappa shape index (κ2) is 6.12. The SMILES string of the molecule is CCN(CCC(N)=O)Cc1cccc(N)c1. The fourth-order valence-electron chi connectivity index (χ4n) is 1.57. The van der Waals surface area contributed by atoms with Crippen LogP contribution in [0, 0.1) is 0 Å². The number of amides is 1. The number of nitrogens with two attached hydrogens (primary N) is 2. The van der Waals surface area contributed by atoms with Crippen LogP contribution in [0.15, 0.2) is 24.3 Å². The van der Waals surface area contributed by atoms with E-state index >= 15 is 0 Å². The lowest BCUT2D eigenvalue weighted by molar-refractivity contribution is -0.118. The first-order chi connectivity index (χ1) is 7.61. The van der Waals surface area contributed by atoms with Gasteiger partial charge >= 0.3 is 0 Å². The predicted octanol–water partition coefficient (Wildman–Crippen LogP) is 0.966. The highest BCUT2D eigenvalue weighted by atomic mass is 16.1. The largest absolute Gasteiger partial charge is 0.399 e. The monoisotopic (exact) mass is 221 g/mol.